The maximum atomic E-state index is 12.0. The number of carboxylic acid groups (broad SMARTS) is 1. The Labute approximate surface area is 108 Å². The topological polar surface area (TPSA) is 130 Å². The van der Waals surface area contributed by atoms with Gasteiger partial charge in [-0.15, -0.1) is 0 Å². The fourth-order valence-electron chi connectivity index (χ4n) is 1.35. The number of carbonyl (C=O) groups is 1. The van der Waals surface area contributed by atoms with Gasteiger partial charge in [0.2, 0.25) is 0 Å². The number of sulfonamides is 1. The van der Waals surface area contributed by atoms with E-state index in [4.69, 9.17) is 5.11 Å². The van der Waals surface area contributed by atoms with Gasteiger partial charge in [0.05, 0.1) is 12.4 Å². The molecule has 0 aliphatic carbocycles. The van der Waals surface area contributed by atoms with Crippen LogP contribution in [-0.2, 0) is 21.4 Å². The predicted octanol–water partition coefficient (Wildman–Crippen LogP) is -0.200. The van der Waals surface area contributed by atoms with Gasteiger partial charge in [-0.3, -0.25) is 19.3 Å². The minimum absolute atomic E-state index is 0.122. The molecule has 0 aromatic carbocycles. The molecule has 0 saturated carbocycles. The highest BCUT2D eigenvalue weighted by Crippen LogP contribution is 2.16. The van der Waals surface area contributed by atoms with Crippen molar-refractivity contribution < 1.29 is 18.3 Å². The van der Waals surface area contributed by atoms with Crippen molar-refractivity contribution in [3.8, 4) is 0 Å². The van der Waals surface area contributed by atoms with Gasteiger partial charge >= 0.3 is 5.97 Å². The summed E-state index contributed by atoms with van der Waals surface area (Å²) in [5.74, 6) is -0.851. The number of hydrogen-bond acceptors (Lipinski definition) is 5. The van der Waals surface area contributed by atoms with E-state index in [2.05, 4.69) is 20.0 Å². The van der Waals surface area contributed by atoms with Gasteiger partial charge in [0.25, 0.3) is 10.0 Å². The number of H-pyrrole nitrogens is 1. The summed E-state index contributed by atoms with van der Waals surface area (Å²) in [4.78, 5) is 10.4. The van der Waals surface area contributed by atoms with Crippen LogP contribution in [0, 0.1) is 6.92 Å². The Bertz CT molecular complexity index is 702. The summed E-state index contributed by atoms with van der Waals surface area (Å²) in [7, 11) is -3.82. The number of nitrogens with one attached hydrogen (secondary N) is 2. The smallest absolute Gasteiger partial charge is 0.325 e. The monoisotopic (exact) mass is 285 g/mol. The lowest BCUT2D eigenvalue weighted by molar-refractivity contribution is -0.137. The van der Waals surface area contributed by atoms with Crippen LogP contribution in [0.5, 0.6) is 0 Å². The van der Waals surface area contributed by atoms with Gasteiger partial charge in [-0.05, 0) is 6.92 Å². The van der Waals surface area contributed by atoms with Crippen molar-refractivity contribution in [3.05, 3.63) is 24.2 Å². The molecule has 9 nitrogen and oxygen atoms in total. The average Bonchev–Trinajstić information content (AvgIpc) is 2.88. The van der Waals surface area contributed by atoms with E-state index < -0.39 is 22.5 Å². The molecule has 0 aliphatic rings. The third kappa shape index (κ3) is 2.91. The first kappa shape index (κ1) is 13.1. The van der Waals surface area contributed by atoms with Gasteiger partial charge in [-0.2, -0.15) is 10.2 Å². The standard InChI is InChI=1S/C9H11N5O4S/c1-6-2-10-12-9(6)13-19(17,18)7-3-11-14(4-7)5-8(15)16/h2-4H,5H2,1H3,(H,15,16)(H2,10,12,13). The first-order chi connectivity index (χ1) is 8.88. The zero-order valence-corrected chi connectivity index (χ0v) is 10.7. The minimum atomic E-state index is -3.82. The van der Waals surface area contributed by atoms with E-state index >= 15 is 0 Å². The molecule has 0 unspecified atom stereocenters. The maximum absolute atomic E-state index is 12.0. The van der Waals surface area contributed by atoms with Gasteiger partial charge in [-0.1, -0.05) is 0 Å². The van der Waals surface area contributed by atoms with Crippen LogP contribution in [0.15, 0.2) is 23.5 Å². The molecule has 102 valence electrons. The van der Waals surface area contributed by atoms with Crippen molar-refractivity contribution in [3.63, 3.8) is 0 Å². The van der Waals surface area contributed by atoms with Crippen LogP contribution < -0.4 is 4.72 Å². The summed E-state index contributed by atoms with van der Waals surface area (Å²) < 4.78 is 27.3. The molecule has 0 spiro atoms. The summed E-state index contributed by atoms with van der Waals surface area (Å²) >= 11 is 0. The Morgan fingerprint density at radius 3 is 2.84 bits per heavy atom. The van der Waals surface area contributed by atoms with Crippen LogP contribution >= 0.6 is 0 Å². The largest absolute Gasteiger partial charge is 0.480 e. The second-order valence-electron chi connectivity index (χ2n) is 3.80. The second kappa shape index (κ2) is 4.72. The predicted molar refractivity (Wildman–Crippen MR) is 64.0 cm³/mol. The van der Waals surface area contributed by atoms with Gasteiger partial charge in [0.1, 0.15) is 17.3 Å². The van der Waals surface area contributed by atoms with Gasteiger partial charge < -0.3 is 5.11 Å². The van der Waals surface area contributed by atoms with E-state index in [0.717, 1.165) is 17.1 Å². The Kier molecular flexibility index (Phi) is 3.25. The highest BCUT2D eigenvalue weighted by Gasteiger charge is 2.18. The number of aromatic nitrogens is 4. The number of rotatable bonds is 5. The molecule has 0 radical (unpaired) electrons. The van der Waals surface area contributed by atoms with Crippen molar-refractivity contribution in [1.82, 2.24) is 20.0 Å². The molecule has 2 aromatic rings. The lowest BCUT2D eigenvalue weighted by Gasteiger charge is -2.04. The number of hydrogen-bond donors (Lipinski definition) is 3. The molecule has 10 heteroatoms. The van der Waals surface area contributed by atoms with E-state index in [0.29, 0.717) is 5.56 Å². The average molecular weight is 285 g/mol. The highest BCUT2D eigenvalue weighted by molar-refractivity contribution is 7.92. The van der Waals surface area contributed by atoms with Crippen molar-refractivity contribution in [1.29, 1.82) is 0 Å². The lowest BCUT2D eigenvalue weighted by atomic mass is 10.4. The third-order valence-corrected chi connectivity index (χ3v) is 3.59. The summed E-state index contributed by atoms with van der Waals surface area (Å²) in [5.41, 5.74) is 0.640. The van der Waals surface area contributed by atoms with E-state index in [9.17, 15) is 13.2 Å². The van der Waals surface area contributed by atoms with E-state index in [-0.39, 0.29) is 10.7 Å². The van der Waals surface area contributed by atoms with E-state index in [1.165, 1.54) is 6.20 Å². The van der Waals surface area contributed by atoms with Crippen LogP contribution in [0.2, 0.25) is 0 Å². The first-order valence-corrected chi connectivity index (χ1v) is 6.64. The van der Waals surface area contributed by atoms with Gasteiger partial charge in [0, 0.05) is 11.8 Å². The number of aliphatic carboxylic acids is 1. The highest BCUT2D eigenvalue weighted by atomic mass is 32.2. The molecule has 0 bridgehead atoms. The molecule has 19 heavy (non-hydrogen) atoms. The van der Waals surface area contributed by atoms with Gasteiger partial charge in [-0.25, -0.2) is 8.42 Å². The van der Waals surface area contributed by atoms with E-state index in [1.807, 2.05) is 0 Å². The molecule has 0 atom stereocenters. The third-order valence-electron chi connectivity index (χ3n) is 2.28. The Morgan fingerprint density at radius 2 is 2.26 bits per heavy atom. The SMILES string of the molecule is Cc1cn[nH]c1NS(=O)(=O)c1cnn(CC(=O)O)c1. The summed E-state index contributed by atoms with van der Waals surface area (Å²) in [6.45, 7) is 1.29. The first-order valence-electron chi connectivity index (χ1n) is 5.15. The Hall–Kier alpha value is -2.36. The van der Waals surface area contributed by atoms with Crippen LogP contribution in [0.1, 0.15) is 5.56 Å². The molecular weight excluding hydrogens is 274 g/mol. The molecule has 2 aromatic heterocycles. The Balaban J connectivity index is 2.22. The molecular formula is C9H11N5O4S. The van der Waals surface area contributed by atoms with Crippen molar-refractivity contribution in [2.75, 3.05) is 4.72 Å². The number of nitrogens with zero attached hydrogens (tertiary/aromatic N) is 3. The van der Waals surface area contributed by atoms with Crippen molar-refractivity contribution in [2.45, 2.75) is 18.4 Å². The number of carboxylic acids is 1. The number of anilines is 1. The zero-order chi connectivity index (χ0) is 14.0. The van der Waals surface area contributed by atoms with E-state index in [1.54, 1.807) is 6.92 Å². The van der Waals surface area contributed by atoms with Crippen molar-refractivity contribution in [2.24, 2.45) is 0 Å². The molecule has 0 aliphatic heterocycles. The minimum Gasteiger partial charge on any atom is -0.480 e. The molecule has 3 N–H and O–H groups in total. The number of aromatic amines is 1. The van der Waals surface area contributed by atoms with Crippen LogP contribution in [-0.4, -0.2) is 39.5 Å². The van der Waals surface area contributed by atoms with Crippen molar-refractivity contribution >= 4 is 21.8 Å². The maximum Gasteiger partial charge on any atom is 0.325 e. The summed E-state index contributed by atoms with van der Waals surface area (Å²) in [6, 6.07) is 0. The molecule has 2 rings (SSSR count). The van der Waals surface area contributed by atoms with Gasteiger partial charge in [0.15, 0.2) is 0 Å². The van der Waals surface area contributed by atoms with Crippen LogP contribution in [0.4, 0.5) is 5.82 Å². The molecule has 0 fully saturated rings. The lowest BCUT2D eigenvalue weighted by Crippen LogP contribution is -2.13. The Morgan fingerprint density at radius 1 is 1.53 bits per heavy atom. The fourth-order valence-corrected chi connectivity index (χ4v) is 2.39. The molecule has 0 amide bonds. The van der Waals surface area contributed by atoms with Crippen LogP contribution in [0.25, 0.3) is 0 Å². The molecule has 2 heterocycles. The molecule has 0 saturated heterocycles. The number of aryl methyl sites for hydroxylation is 1. The summed E-state index contributed by atoms with van der Waals surface area (Å²) in [6.07, 6.45) is 3.70. The quantitative estimate of drug-likeness (QED) is 0.697. The zero-order valence-electron chi connectivity index (χ0n) is 9.86. The normalized spacial score (nSPS) is 11.4. The van der Waals surface area contributed by atoms with Crippen LogP contribution in [0.3, 0.4) is 0 Å². The second-order valence-corrected chi connectivity index (χ2v) is 5.48. The fraction of sp³-hybridized carbons (Fsp3) is 0.222. The summed E-state index contributed by atoms with van der Waals surface area (Å²) in [5, 5.41) is 18.5.